The molecule has 3 nitrogen and oxygen atoms in total. The molecule has 0 fully saturated rings. The molecule has 5 heteroatoms. The van der Waals surface area contributed by atoms with Crippen molar-refractivity contribution in [2.45, 2.75) is 17.4 Å². The molecule has 0 heterocycles. The van der Waals surface area contributed by atoms with E-state index in [1.54, 1.807) is 43.0 Å². The zero-order chi connectivity index (χ0) is 18.3. The van der Waals surface area contributed by atoms with Gasteiger partial charge in [-0.2, -0.15) is 0 Å². The van der Waals surface area contributed by atoms with E-state index in [4.69, 9.17) is 4.74 Å². The number of hydrogen-bond acceptors (Lipinski definition) is 3. The minimum Gasteiger partial charge on any atom is -0.372 e. The molecule has 1 unspecified atom stereocenters. The van der Waals surface area contributed by atoms with Crippen LogP contribution in [-0.4, -0.2) is 25.8 Å². The summed E-state index contributed by atoms with van der Waals surface area (Å²) in [7, 11) is 1.50. The Morgan fingerprint density at radius 3 is 2.52 bits per heavy atom. The number of amides is 1. The maximum atomic E-state index is 14.0. The van der Waals surface area contributed by atoms with Crippen LogP contribution in [0, 0.1) is 5.82 Å². The van der Waals surface area contributed by atoms with E-state index < -0.39 is 5.60 Å². The van der Waals surface area contributed by atoms with Crippen molar-refractivity contribution in [2.24, 2.45) is 0 Å². The van der Waals surface area contributed by atoms with Crippen LogP contribution >= 0.6 is 11.8 Å². The van der Waals surface area contributed by atoms with Crippen LogP contribution < -0.4 is 5.32 Å². The van der Waals surface area contributed by atoms with Crippen molar-refractivity contribution < 1.29 is 13.9 Å². The van der Waals surface area contributed by atoms with Gasteiger partial charge in [-0.3, -0.25) is 4.79 Å². The van der Waals surface area contributed by atoms with Crippen LogP contribution in [0.1, 0.15) is 18.1 Å². The molecule has 0 aliphatic rings. The van der Waals surface area contributed by atoms with Gasteiger partial charge >= 0.3 is 0 Å². The second-order valence-corrected chi connectivity index (χ2v) is 6.62. The van der Waals surface area contributed by atoms with Crippen molar-refractivity contribution in [1.29, 1.82) is 0 Å². The second-order valence-electron chi connectivity index (χ2n) is 5.74. The Morgan fingerprint density at radius 2 is 1.92 bits per heavy atom. The Labute approximate surface area is 152 Å². The standard InChI is InChI=1S/C20H22FNO2S/c1-20(24-2,17-6-4-5-7-18(17)21)14-22-19(23)13-10-15-8-11-16(25-3)12-9-15/h4-13H,14H2,1-3H3,(H,22,23). The summed E-state index contributed by atoms with van der Waals surface area (Å²) in [5, 5.41) is 2.77. The minimum absolute atomic E-state index is 0.166. The van der Waals surface area contributed by atoms with Crippen molar-refractivity contribution in [1.82, 2.24) is 5.32 Å². The third kappa shape index (κ3) is 5.18. The lowest BCUT2D eigenvalue weighted by molar-refractivity contribution is -0.118. The first-order valence-electron chi connectivity index (χ1n) is 7.88. The number of carbonyl (C=O) groups is 1. The number of thioether (sulfide) groups is 1. The maximum absolute atomic E-state index is 14.0. The zero-order valence-electron chi connectivity index (χ0n) is 14.6. The maximum Gasteiger partial charge on any atom is 0.244 e. The second kappa shape index (κ2) is 8.83. The lowest BCUT2D eigenvalue weighted by Gasteiger charge is -2.29. The van der Waals surface area contributed by atoms with Crippen LogP contribution in [0.3, 0.4) is 0 Å². The predicted molar refractivity (Wildman–Crippen MR) is 101 cm³/mol. The van der Waals surface area contributed by atoms with E-state index in [0.717, 1.165) is 5.56 Å². The van der Waals surface area contributed by atoms with Gasteiger partial charge in [-0.15, -0.1) is 11.8 Å². The van der Waals surface area contributed by atoms with Gasteiger partial charge in [-0.05, 0) is 43.0 Å². The lowest BCUT2D eigenvalue weighted by Crippen LogP contribution is -2.40. The van der Waals surface area contributed by atoms with Crippen molar-refractivity contribution in [3.8, 4) is 0 Å². The fraction of sp³-hybridized carbons (Fsp3) is 0.250. The highest BCUT2D eigenvalue weighted by Crippen LogP contribution is 2.26. The molecule has 0 radical (unpaired) electrons. The summed E-state index contributed by atoms with van der Waals surface area (Å²) in [5.41, 5.74) is 0.417. The summed E-state index contributed by atoms with van der Waals surface area (Å²) in [4.78, 5) is 13.2. The largest absolute Gasteiger partial charge is 0.372 e. The van der Waals surface area contributed by atoms with Crippen LogP contribution in [0.15, 0.2) is 59.5 Å². The molecule has 0 saturated carbocycles. The minimum atomic E-state index is -0.936. The van der Waals surface area contributed by atoms with E-state index in [-0.39, 0.29) is 18.3 Å². The molecule has 0 aromatic heterocycles. The van der Waals surface area contributed by atoms with Gasteiger partial charge in [0.05, 0.1) is 6.54 Å². The van der Waals surface area contributed by atoms with E-state index >= 15 is 0 Å². The number of benzene rings is 2. The summed E-state index contributed by atoms with van der Waals surface area (Å²) in [6, 6.07) is 14.3. The fourth-order valence-electron chi connectivity index (χ4n) is 2.37. The number of hydrogen-bond donors (Lipinski definition) is 1. The molecule has 2 aromatic rings. The van der Waals surface area contributed by atoms with E-state index in [0.29, 0.717) is 5.56 Å². The number of carbonyl (C=O) groups excluding carboxylic acids is 1. The Bertz CT molecular complexity index is 746. The van der Waals surface area contributed by atoms with Gasteiger partial charge in [0.25, 0.3) is 0 Å². The van der Waals surface area contributed by atoms with Crippen molar-refractivity contribution in [3.63, 3.8) is 0 Å². The molecule has 0 aliphatic heterocycles. The monoisotopic (exact) mass is 359 g/mol. The molecular formula is C20H22FNO2S. The van der Waals surface area contributed by atoms with E-state index in [9.17, 15) is 9.18 Å². The van der Waals surface area contributed by atoms with Crippen LogP contribution in [-0.2, 0) is 15.1 Å². The number of ether oxygens (including phenoxy) is 1. The summed E-state index contributed by atoms with van der Waals surface area (Å²) < 4.78 is 19.5. The Hall–Kier alpha value is -2.11. The zero-order valence-corrected chi connectivity index (χ0v) is 15.4. The van der Waals surface area contributed by atoms with Crippen LogP contribution in [0.5, 0.6) is 0 Å². The average molecular weight is 359 g/mol. The normalized spacial score (nSPS) is 13.6. The van der Waals surface area contributed by atoms with E-state index in [1.165, 1.54) is 24.1 Å². The third-order valence-corrected chi connectivity index (χ3v) is 4.78. The van der Waals surface area contributed by atoms with E-state index in [1.807, 2.05) is 30.5 Å². The number of methoxy groups -OCH3 is 1. The molecule has 0 saturated heterocycles. The van der Waals surface area contributed by atoms with Gasteiger partial charge in [0.2, 0.25) is 5.91 Å². The number of nitrogens with one attached hydrogen (secondary N) is 1. The molecule has 0 bridgehead atoms. The molecule has 1 atom stereocenters. The molecule has 132 valence electrons. The molecule has 0 aliphatic carbocycles. The van der Waals surface area contributed by atoms with Gasteiger partial charge in [-0.25, -0.2) is 4.39 Å². The van der Waals surface area contributed by atoms with Crippen LogP contribution in [0.25, 0.3) is 6.08 Å². The summed E-state index contributed by atoms with van der Waals surface area (Å²) in [6.07, 6.45) is 5.22. The number of halogens is 1. The number of rotatable bonds is 7. The van der Waals surface area contributed by atoms with Crippen LogP contribution in [0.4, 0.5) is 4.39 Å². The molecule has 1 N–H and O–H groups in total. The van der Waals surface area contributed by atoms with Gasteiger partial charge in [0.1, 0.15) is 11.4 Å². The average Bonchev–Trinajstić information content (AvgIpc) is 2.65. The SMILES string of the molecule is COC(C)(CNC(=O)C=Cc1ccc(SC)cc1)c1ccccc1F. The highest BCUT2D eigenvalue weighted by molar-refractivity contribution is 7.98. The highest BCUT2D eigenvalue weighted by Gasteiger charge is 2.29. The lowest BCUT2D eigenvalue weighted by atomic mass is 9.95. The summed E-state index contributed by atoms with van der Waals surface area (Å²) in [6.45, 7) is 1.91. The quantitative estimate of drug-likeness (QED) is 0.594. The molecule has 2 aromatic carbocycles. The molecule has 0 spiro atoms. The summed E-state index contributed by atoms with van der Waals surface area (Å²) in [5.74, 6) is -0.612. The molecule has 2 rings (SSSR count). The third-order valence-electron chi connectivity index (χ3n) is 4.04. The van der Waals surface area contributed by atoms with Crippen molar-refractivity contribution in [2.75, 3.05) is 19.9 Å². The fourth-order valence-corrected chi connectivity index (χ4v) is 2.78. The summed E-state index contributed by atoms with van der Waals surface area (Å²) >= 11 is 1.67. The highest BCUT2D eigenvalue weighted by atomic mass is 32.2. The molecule has 25 heavy (non-hydrogen) atoms. The van der Waals surface area contributed by atoms with Gasteiger partial charge in [-0.1, -0.05) is 30.3 Å². The molecule has 1 amide bonds. The van der Waals surface area contributed by atoms with Gasteiger partial charge in [0.15, 0.2) is 0 Å². The van der Waals surface area contributed by atoms with Gasteiger partial charge in [0, 0.05) is 23.6 Å². The predicted octanol–water partition coefficient (Wildman–Crippen LogP) is 4.24. The smallest absolute Gasteiger partial charge is 0.244 e. The first kappa shape index (κ1) is 19.2. The van der Waals surface area contributed by atoms with E-state index in [2.05, 4.69) is 5.32 Å². The Kier molecular flexibility index (Phi) is 6.79. The topological polar surface area (TPSA) is 38.3 Å². The Morgan fingerprint density at radius 1 is 1.24 bits per heavy atom. The van der Waals surface area contributed by atoms with Crippen molar-refractivity contribution in [3.05, 3.63) is 71.6 Å². The molecular weight excluding hydrogens is 337 g/mol. The first-order valence-corrected chi connectivity index (χ1v) is 9.11. The van der Waals surface area contributed by atoms with Gasteiger partial charge < -0.3 is 10.1 Å². The Balaban J connectivity index is 1.99. The van der Waals surface area contributed by atoms with Crippen molar-refractivity contribution >= 4 is 23.7 Å². The van der Waals surface area contributed by atoms with Crippen LogP contribution in [0.2, 0.25) is 0 Å². The first-order chi connectivity index (χ1) is 12.0.